The smallest absolute Gasteiger partial charge is 0.169 e. The molecule has 2 heterocycles. The fourth-order valence-electron chi connectivity index (χ4n) is 14.1. The largest absolute Gasteiger partial charge is 0.205 e. The average molecular weight is 1230 g/mol. The van der Waals surface area contributed by atoms with Crippen LogP contribution < -0.4 is 9.13 Å². The van der Waals surface area contributed by atoms with E-state index in [4.69, 9.17) is 0 Å². The number of hydrogen-bond acceptors (Lipinski definition) is 0. The Bertz CT molecular complexity index is 1530. The van der Waals surface area contributed by atoms with E-state index >= 15 is 0 Å². The van der Waals surface area contributed by atoms with Gasteiger partial charge in [0, 0.05) is 37.1 Å². The third-order valence-electron chi connectivity index (χ3n) is 20.4. The minimum atomic E-state index is 0.771. The molecule has 2 nitrogen and oxygen atoms in total. The predicted octanol–water partition coefficient (Wildman–Crippen LogP) is 30.0. The van der Waals surface area contributed by atoms with Crippen LogP contribution in [0, 0.1) is 0 Å². The maximum Gasteiger partial charge on any atom is 0.169 e. The fraction of sp³-hybridized carbons (Fsp3) is 0.884. The van der Waals surface area contributed by atoms with E-state index in [1.54, 1.807) is 11.1 Å². The van der Waals surface area contributed by atoms with Crippen LogP contribution in [0.1, 0.15) is 488 Å². The molecular weight excluding hydrogens is 1060 g/mol. The van der Waals surface area contributed by atoms with E-state index in [1.165, 1.54) is 437 Å². The first-order valence-corrected chi connectivity index (χ1v) is 41.6. The van der Waals surface area contributed by atoms with Crippen molar-refractivity contribution in [3.8, 4) is 0 Å². The molecule has 2 aromatic heterocycles. The first-order chi connectivity index (χ1) is 43.6. The first-order valence-electron chi connectivity index (χ1n) is 41.6. The summed E-state index contributed by atoms with van der Waals surface area (Å²) in [7, 11) is 0. The van der Waals surface area contributed by atoms with Crippen molar-refractivity contribution in [3.05, 3.63) is 60.2 Å². The van der Waals surface area contributed by atoms with Gasteiger partial charge in [-0.2, -0.15) is 0 Å². The van der Waals surface area contributed by atoms with Crippen molar-refractivity contribution < 1.29 is 9.13 Å². The highest BCUT2D eigenvalue weighted by Crippen LogP contribution is 2.30. The second-order valence-corrected chi connectivity index (χ2v) is 29.1. The van der Waals surface area contributed by atoms with Gasteiger partial charge in [0.2, 0.25) is 0 Å². The summed E-state index contributed by atoms with van der Waals surface area (Å²) in [5.41, 5.74) is 3.19. The van der Waals surface area contributed by atoms with E-state index in [2.05, 4.69) is 99.7 Å². The molecule has 0 bridgehead atoms. The Kier molecular flexibility index (Phi) is 68.2. The lowest BCUT2D eigenvalue weighted by Gasteiger charge is -2.17. The standard InChI is InChI=1S/C52H100N.C34H64N/c1-4-7-10-13-16-19-22-23-24-25-26-27-28-29-30-31-34-37-40-43-48-53-49-46-52(47-50-53)51(44-41-38-35-32-20-17-14-11-8-5-2)45-42-39-36-33-21-18-15-12-9-6-3;1-4-7-10-11-12-13-14-15-16-17-18-19-20-21-22-23-24-25-30-35-31-28-34(29-32-35)33(26-8-5-2)27-9-6-3/h46-47,49-51H,4-45,48H2,1-3H3;28-29,31-33H,4-27,30H2,1-3H3/q2*+1. The minimum Gasteiger partial charge on any atom is -0.205 e. The van der Waals surface area contributed by atoms with Gasteiger partial charge < -0.3 is 0 Å². The van der Waals surface area contributed by atoms with Gasteiger partial charge >= 0.3 is 0 Å². The molecule has 516 valence electrons. The summed E-state index contributed by atoms with van der Waals surface area (Å²) in [5, 5.41) is 0. The van der Waals surface area contributed by atoms with Gasteiger partial charge in [0.05, 0.1) is 0 Å². The lowest BCUT2D eigenvalue weighted by molar-refractivity contribution is -0.697. The van der Waals surface area contributed by atoms with Gasteiger partial charge in [0.25, 0.3) is 0 Å². The second-order valence-electron chi connectivity index (χ2n) is 29.1. The molecule has 0 aliphatic heterocycles. The van der Waals surface area contributed by atoms with Crippen molar-refractivity contribution in [3.63, 3.8) is 0 Å². The highest BCUT2D eigenvalue weighted by molar-refractivity contribution is 5.14. The van der Waals surface area contributed by atoms with E-state index in [9.17, 15) is 0 Å². The number of aryl methyl sites for hydroxylation is 2. The molecule has 0 N–H and O–H groups in total. The molecule has 2 heteroatoms. The van der Waals surface area contributed by atoms with Crippen molar-refractivity contribution in [1.82, 2.24) is 0 Å². The monoisotopic (exact) mass is 1230 g/mol. The number of hydrogen-bond donors (Lipinski definition) is 0. The predicted molar refractivity (Wildman–Crippen MR) is 398 cm³/mol. The first kappa shape index (κ1) is 84.3. The molecule has 0 amide bonds. The molecule has 0 saturated carbocycles. The maximum atomic E-state index is 2.49. The SMILES string of the molecule is CCCCCCCCCCCCCCCCCCCCCC[n+]1ccc(C(CCCCCCCCCCCC)CCCCCCCCCCCC)cc1.CCCCCCCCCCCCCCCCCCCC[n+]1ccc(C(CCCC)CCCC)cc1. The Morgan fingerprint density at radius 2 is 0.330 bits per heavy atom. The molecule has 0 aliphatic carbocycles. The molecule has 2 rings (SSSR count). The number of unbranched alkanes of at least 4 members (excludes halogenated alkanes) is 56. The van der Waals surface area contributed by atoms with Gasteiger partial charge in [-0.15, -0.1) is 0 Å². The normalized spacial score (nSPS) is 11.6. The molecule has 0 unspecified atom stereocenters. The molecule has 88 heavy (non-hydrogen) atoms. The van der Waals surface area contributed by atoms with E-state index in [0.717, 1.165) is 11.8 Å². The van der Waals surface area contributed by atoms with Crippen LogP contribution >= 0.6 is 0 Å². The van der Waals surface area contributed by atoms with Gasteiger partial charge in [-0.1, -0.05) is 414 Å². The molecule has 0 atom stereocenters. The van der Waals surface area contributed by atoms with E-state index in [-0.39, 0.29) is 0 Å². The maximum absolute atomic E-state index is 2.49. The highest BCUT2D eigenvalue weighted by Gasteiger charge is 2.15. The van der Waals surface area contributed by atoms with Gasteiger partial charge in [-0.05, 0) is 61.5 Å². The van der Waals surface area contributed by atoms with E-state index < -0.39 is 0 Å². The van der Waals surface area contributed by atoms with E-state index in [1.807, 2.05) is 0 Å². The Morgan fingerprint density at radius 3 is 0.511 bits per heavy atom. The second kappa shape index (κ2) is 71.2. The van der Waals surface area contributed by atoms with Crippen LogP contribution in [0.5, 0.6) is 0 Å². The summed E-state index contributed by atoms with van der Waals surface area (Å²) >= 11 is 0. The third kappa shape index (κ3) is 58.1. The van der Waals surface area contributed by atoms with Gasteiger partial charge in [-0.25, -0.2) is 9.13 Å². The quantitative estimate of drug-likeness (QED) is 0.0461. The van der Waals surface area contributed by atoms with Crippen LogP contribution in [0.25, 0.3) is 0 Å². The summed E-state index contributed by atoms with van der Waals surface area (Å²) in [6, 6.07) is 9.80. The zero-order valence-electron chi connectivity index (χ0n) is 61.8. The minimum absolute atomic E-state index is 0.771. The Labute approximate surface area is 556 Å². The Morgan fingerprint density at radius 1 is 0.182 bits per heavy atom. The molecule has 0 aliphatic rings. The number of rotatable bonds is 70. The van der Waals surface area contributed by atoms with Crippen LogP contribution in [-0.2, 0) is 13.1 Å². The topological polar surface area (TPSA) is 7.76 Å². The van der Waals surface area contributed by atoms with Crippen molar-refractivity contribution in [2.24, 2.45) is 0 Å². The molecule has 0 aromatic carbocycles. The third-order valence-corrected chi connectivity index (χ3v) is 20.4. The van der Waals surface area contributed by atoms with Crippen LogP contribution in [0.15, 0.2) is 49.1 Å². The van der Waals surface area contributed by atoms with Crippen molar-refractivity contribution >= 4 is 0 Å². The van der Waals surface area contributed by atoms with Gasteiger partial charge in [0.15, 0.2) is 24.8 Å². The number of nitrogens with zero attached hydrogens (tertiary/aromatic N) is 2. The van der Waals surface area contributed by atoms with Crippen LogP contribution in [0.4, 0.5) is 0 Å². The Hall–Kier alpha value is -1.70. The molecule has 0 spiro atoms. The van der Waals surface area contributed by atoms with Crippen LogP contribution in [0.3, 0.4) is 0 Å². The van der Waals surface area contributed by atoms with Crippen molar-refractivity contribution in [2.45, 2.75) is 490 Å². The molecule has 0 fully saturated rings. The summed E-state index contributed by atoms with van der Waals surface area (Å²) in [4.78, 5) is 0. The van der Waals surface area contributed by atoms with Crippen molar-refractivity contribution in [2.75, 3.05) is 0 Å². The molecule has 2 aromatic rings. The van der Waals surface area contributed by atoms with E-state index in [0.29, 0.717) is 0 Å². The Balaban J connectivity index is 0.000000957. The van der Waals surface area contributed by atoms with Crippen molar-refractivity contribution in [1.29, 1.82) is 0 Å². The number of pyridine rings is 2. The zero-order valence-corrected chi connectivity index (χ0v) is 61.8. The average Bonchev–Trinajstić information content (AvgIpc) is 3.66. The summed E-state index contributed by atoms with van der Waals surface area (Å²) < 4.78 is 4.88. The lowest BCUT2D eigenvalue weighted by atomic mass is 9.88. The van der Waals surface area contributed by atoms with Crippen LogP contribution in [0.2, 0.25) is 0 Å². The lowest BCUT2D eigenvalue weighted by Crippen LogP contribution is -2.32. The fourth-order valence-corrected chi connectivity index (χ4v) is 14.1. The highest BCUT2D eigenvalue weighted by atomic mass is 14.9. The molecule has 0 saturated heterocycles. The van der Waals surface area contributed by atoms with Gasteiger partial charge in [-0.3, -0.25) is 0 Å². The summed E-state index contributed by atoms with van der Waals surface area (Å²) in [6.45, 7) is 16.3. The van der Waals surface area contributed by atoms with Crippen LogP contribution in [-0.4, -0.2) is 0 Å². The molecule has 0 radical (unpaired) electrons. The van der Waals surface area contributed by atoms with Gasteiger partial charge in [0.1, 0.15) is 13.1 Å². The number of aromatic nitrogens is 2. The molecular formula is C86H164N2+2. The summed E-state index contributed by atoms with van der Waals surface area (Å²) in [6.07, 6.45) is 104. The zero-order chi connectivity index (χ0) is 63.2. The summed E-state index contributed by atoms with van der Waals surface area (Å²) in [5.74, 6) is 1.54.